The highest BCUT2D eigenvalue weighted by Crippen LogP contribution is 2.48. The number of ketones is 1. The summed E-state index contributed by atoms with van der Waals surface area (Å²) in [6.45, 7) is -0.0155. The van der Waals surface area contributed by atoms with Crippen LogP contribution in [0.4, 0.5) is 0 Å². The van der Waals surface area contributed by atoms with E-state index in [1.54, 1.807) is 36.4 Å². The van der Waals surface area contributed by atoms with Gasteiger partial charge >= 0.3 is 0 Å². The average molecular weight is 518 g/mol. The molecule has 8 nitrogen and oxygen atoms in total. The Hall–Kier alpha value is -3.62. The molecule has 2 aromatic carbocycles. The van der Waals surface area contributed by atoms with E-state index in [2.05, 4.69) is 0 Å². The first kappa shape index (κ1) is 24.5. The topological polar surface area (TPSA) is 98.4 Å². The fraction of sp³-hybridized carbons (Fsp3) is 0.200. The van der Waals surface area contributed by atoms with Crippen molar-refractivity contribution >= 4 is 40.7 Å². The van der Waals surface area contributed by atoms with Crippen LogP contribution in [0.15, 0.2) is 58.7 Å². The largest absolute Gasteiger partial charge is 0.507 e. The molecular weight excluding hydrogens is 497 g/mol. The van der Waals surface area contributed by atoms with Crippen molar-refractivity contribution in [3.63, 3.8) is 0 Å². The van der Waals surface area contributed by atoms with Crippen LogP contribution in [-0.2, 0) is 16.1 Å². The fourth-order valence-corrected chi connectivity index (χ4v) is 4.81. The van der Waals surface area contributed by atoms with Crippen molar-refractivity contribution in [3.05, 3.63) is 81.2 Å². The summed E-state index contributed by atoms with van der Waals surface area (Å²) < 4.78 is 21.5. The minimum Gasteiger partial charge on any atom is -0.507 e. The number of rotatable bonds is 7. The van der Waals surface area contributed by atoms with E-state index in [1.165, 1.54) is 38.6 Å². The number of aliphatic hydroxyl groups is 1. The Morgan fingerprint density at radius 3 is 2.37 bits per heavy atom. The third-order valence-electron chi connectivity index (χ3n) is 5.67. The lowest BCUT2D eigenvalue weighted by molar-refractivity contribution is -0.140. The van der Waals surface area contributed by atoms with Crippen molar-refractivity contribution in [2.45, 2.75) is 12.6 Å². The average Bonchev–Trinajstić information content (AvgIpc) is 3.46. The van der Waals surface area contributed by atoms with Crippen LogP contribution in [0.3, 0.4) is 0 Å². The molecule has 2 heterocycles. The van der Waals surface area contributed by atoms with E-state index in [9.17, 15) is 14.7 Å². The quantitative estimate of drug-likeness (QED) is 0.260. The SMILES string of the molecule is COc1ccccc1C1/C(=C(\O)c2cc(Cl)c(OC)c(Cl)c2OC)C(=O)C(=O)N1Cc1ccco1. The zero-order valence-corrected chi connectivity index (χ0v) is 20.5. The summed E-state index contributed by atoms with van der Waals surface area (Å²) in [7, 11) is 4.20. The number of hydrogen-bond acceptors (Lipinski definition) is 7. The van der Waals surface area contributed by atoms with Gasteiger partial charge in [0.25, 0.3) is 11.7 Å². The number of hydrogen-bond donors (Lipinski definition) is 1. The molecule has 0 spiro atoms. The molecule has 1 aromatic heterocycles. The van der Waals surface area contributed by atoms with Gasteiger partial charge in [0, 0.05) is 5.56 Å². The Kier molecular flexibility index (Phi) is 6.95. The Balaban J connectivity index is 1.99. The monoisotopic (exact) mass is 517 g/mol. The Morgan fingerprint density at radius 2 is 1.74 bits per heavy atom. The molecule has 1 fully saturated rings. The van der Waals surface area contributed by atoms with E-state index in [1.807, 2.05) is 0 Å². The molecule has 0 bridgehead atoms. The van der Waals surface area contributed by atoms with Crippen molar-refractivity contribution in [2.24, 2.45) is 0 Å². The lowest BCUT2D eigenvalue weighted by atomic mass is 9.94. The number of ether oxygens (including phenoxy) is 3. The third-order valence-corrected chi connectivity index (χ3v) is 6.30. The van der Waals surface area contributed by atoms with E-state index in [0.29, 0.717) is 17.1 Å². The maximum absolute atomic E-state index is 13.3. The van der Waals surface area contributed by atoms with Crippen LogP contribution in [0.25, 0.3) is 5.76 Å². The summed E-state index contributed by atoms with van der Waals surface area (Å²) in [5.74, 6) is -1.17. The van der Waals surface area contributed by atoms with Gasteiger partial charge in [-0.3, -0.25) is 9.59 Å². The standard InChI is InChI=1S/C25H21Cl2NO7/c1-32-17-9-5-4-8-14(17)20-18(22(30)25(31)28(20)12-13-7-6-10-35-13)21(29)15-11-16(26)24(34-3)19(27)23(15)33-2/h4-11,20,29H,12H2,1-3H3/b21-18+. The third kappa shape index (κ3) is 4.19. The highest BCUT2D eigenvalue weighted by atomic mass is 35.5. The van der Waals surface area contributed by atoms with Crippen molar-refractivity contribution in [1.29, 1.82) is 0 Å². The van der Waals surface area contributed by atoms with Gasteiger partial charge in [0.1, 0.15) is 22.3 Å². The second-order valence-corrected chi connectivity index (χ2v) is 8.32. The first-order valence-corrected chi connectivity index (χ1v) is 11.1. The Morgan fingerprint density at radius 1 is 1.03 bits per heavy atom. The molecule has 10 heteroatoms. The highest BCUT2D eigenvalue weighted by Gasteiger charge is 2.47. The van der Waals surface area contributed by atoms with E-state index < -0.39 is 23.5 Å². The van der Waals surface area contributed by atoms with Gasteiger partial charge in [-0.25, -0.2) is 0 Å². The molecule has 4 rings (SSSR count). The number of carbonyl (C=O) groups is 2. The molecule has 1 aliphatic heterocycles. The Bertz CT molecular complexity index is 1320. The van der Waals surface area contributed by atoms with Crippen LogP contribution in [0.1, 0.15) is 22.9 Å². The number of methoxy groups -OCH3 is 3. The van der Waals surface area contributed by atoms with Gasteiger partial charge in [-0.1, -0.05) is 41.4 Å². The fourth-order valence-electron chi connectivity index (χ4n) is 4.12. The normalized spacial score (nSPS) is 17.1. The van der Waals surface area contributed by atoms with Crippen molar-refractivity contribution in [2.75, 3.05) is 21.3 Å². The lowest BCUT2D eigenvalue weighted by Gasteiger charge is -2.26. The van der Waals surface area contributed by atoms with Crippen LogP contribution >= 0.6 is 23.2 Å². The molecule has 1 aliphatic rings. The van der Waals surface area contributed by atoms with Gasteiger partial charge in [0.2, 0.25) is 0 Å². The molecule has 1 unspecified atom stereocenters. The predicted molar refractivity (Wildman–Crippen MR) is 129 cm³/mol. The number of carbonyl (C=O) groups excluding carboxylic acids is 2. The number of halogens is 2. The second-order valence-electron chi connectivity index (χ2n) is 7.53. The summed E-state index contributed by atoms with van der Waals surface area (Å²) in [5, 5.41) is 11.5. The number of nitrogens with zero attached hydrogens (tertiary/aromatic N) is 1. The summed E-state index contributed by atoms with van der Waals surface area (Å²) in [6.07, 6.45) is 1.47. The van der Waals surface area contributed by atoms with E-state index in [-0.39, 0.29) is 39.2 Å². The van der Waals surface area contributed by atoms with Gasteiger partial charge in [0.15, 0.2) is 11.5 Å². The van der Waals surface area contributed by atoms with E-state index in [4.69, 9.17) is 41.8 Å². The molecule has 0 radical (unpaired) electrons. The Labute approximate surface area is 211 Å². The van der Waals surface area contributed by atoms with Gasteiger partial charge in [-0.2, -0.15) is 0 Å². The van der Waals surface area contributed by atoms with Crippen LogP contribution in [-0.4, -0.2) is 43.0 Å². The molecule has 0 aliphatic carbocycles. The van der Waals surface area contributed by atoms with Crippen molar-refractivity contribution in [3.8, 4) is 17.2 Å². The maximum Gasteiger partial charge on any atom is 0.296 e. The smallest absolute Gasteiger partial charge is 0.296 e. The van der Waals surface area contributed by atoms with Gasteiger partial charge in [0.05, 0.1) is 56.3 Å². The number of furan rings is 1. The summed E-state index contributed by atoms with van der Waals surface area (Å²) in [4.78, 5) is 27.8. The van der Waals surface area contributed by atoms with Gasteiger partial charge in [-0.15, -0.1) is 0 Å². The predicted octanol–water partition coefficient (Wildman–Crippen LogP) is 5.23. The van der Waals surface area contributed by atoms with Crippen LogP contribution in [0.5, 0.6) is 17.2 Å². The zero-order valence-electron chi connectivity index (χ0n) is 19.0. The molecule has 182 valence electrons. The molecule has 35 heavy (non-hydrogen) atoms. The minimum atomic E-state index is -0.999. The number of amides is 1. The number of Topliss-reactive ketones (excluding diaryl/α,β-unsaturated/α-hetero) is 1. The highest BCUT2D eigenvalue weighted by molar-refractivity contribution is 6.47. The first-order valence-electron chi connectivity index (χ1n) is 10.4. The van der Waals surface area contributed by atoms with Gasteiger partial charge < -0.3 is 28.6 Å². The summed E-state index contributed by atoms with van der Waals surface area (Å²) in [5.41, 5.74) is 0.341. The molecule has 1 saturated heterocycles. The zero-order chi connectivity index (χ0) is 25.3. The molecule has 1 atom stereocenters. The summed E-state index contributed by atoms with van der Waals surface area (Å²) >= 11 is 12.7. The molecule has 1 amide bonds. The maximum atomic E-state index is 13.3. The first-order chi connectivity index (χ1) is 16.8. The number of para-hydroxylation sites is 1. The summed E-state index contributed by atoms with van der Waals surface area (Å²) in [6, 6.07) is 10.6. The molecule has 3 aromatic rings. The second kappa shape index (κ2) is 9.93. The van der Waals surface area contributed by atoms with E-state index >= 15 is 0 Å². The van der Waals surface area contributed by atoms with Crippen LogP contribution in [0.2, 0.25) is 10.0 Å². The van der Waals surface area contributed by atoms with Crippen LogP contribution < -0.4 is 14.2 Å². The van der Waals surface area contributed by atoms with Crippen molar-refractivity contribution < 1.29 is 33.3 Å². The van der Waals surface area contributed by atoms with Crippen molar-refractivity contribution in [1.82, 2.24) is 4.90 Å². The minimum absolute atomic E-state index is 0.00251. The number of likely N-dealkylation sites (tertiary alicyclic amines) is 1. The molecular formula is C25H21Cl2NO7. The van der Waals surface area contributed by atoms with E-state index in [0.717, 1.165) is 0 Å². The van der Waals surface area contributed by atoms with Crippen LogP contribution in [0, 0.1) is 0 Å². The molecule has 1 N–H and O–H groups in total. The number of aliphatic hydroxyl groups excluding tert-OH is 1. The number of benzene rings is 2. The molecule has 0 saturated carbocycles. The lowest BCUT2D eigenvalue weighted by Crippen LogP contribution is -2.29. The van der Waals surface area contributed by atoms with Gasteiger partial charge in [-0.05, 0) is 24.3 Å².